The quantitative estimate of drug-likeness (QED) is 0.123. The normalized spacial score (nSPS) is 10.9. The zero-order chi connectivity index (χ0) is 23.1. The van der Waals surface area contributed by atoms with E-state index in [2.05, 4.69) is 37.6 Å². The molecule has 2 aromatic rings. The maximum Gasteiger partial charge on any atom is 0.333 e. The second-order valence-electron chi connectivity index (χ2n) is 6.68. The van der Waals surface area contributed by atoms with E-state index in [0.29, 0.717) is 28.0 Å². The molecule has 0 saturated carbocycles. The smallest absolute Gasteiger partial charge is 0.333 e. The Bertz CT molecular complexity index is 1020. The van der Waals surface area contributed by atoms with Crippen molar-refractivity contribution in [3.8, 4) is 0 Å². The lowest BCUT2D eigenvalue weighted by Crippen LogP contribution is -2.28. The number of esters is 1. The molecule has 2 rings (SSSR count). The van der Waals surface area contributed by atoms with Crippen LogP contribution in [0.3, 0.4) is 0 Å². The summed E-state index contributed by atoms with van der Waals surface area (Å²) in [4.78, 5) is 24.0. The summed E-state index contributed by atoms with van der Waals surface area (Å²) in [6.45, 7) is 10.6. The van der Waals surface area contributed by atoms with Gasteiger partial charge in [-0.25, -0.2) is 4.79 Å². The first-order valence-corrected chi connectivity index (χ1v) is 10.5. The Hall–Kier alpha value is -2.78. The first-order valence-electron chi connectivity index (χ1n) is 9.37. The molecule has 164 valence electrons. The van der Waals surface area contributed by atoms with E-state index in [9.17, 15) is 14.9 Å². The van der Waals surface area contributed by atoms with Crippen molar-refractivity contribution in [2.24, 2.45) is 10.2 Å². The van der Waals surface area contributed by atoms with Gasteiger partial charge in [0.2, 0.25) is 0 Å². The van der Waals surface area contributed by atoms with Crippen LogP contribution >= 0.6 is 27.5 Å². The largest absolute Gasteiger partial charge is 0.460 e. The summed E-state index contributed by atoms with van der Waals surface area (Å²) in [5.74, 6) is -0.404. The summed E-state index contributed by atoms with van der Waals surface area (Å²) in [6.07, 6.45) is 0. The Morgan fingerprint density at radius 1 is 1.32 bits per heavy atom. The maximum atomic E-state index is 11.5. The SMILES string of the molecule is C=C(C)C(=O)OCCN(CC)c1ccc(/N=N/c2c(Cl)cc([N+](=O)[O-])cc2Br)c(C)c1. The minimum atomic E-state index is -0.528. The molecule has 0 aromatic heterocycles. The van der Waals surface area contributed by atoms with Crippen LogP contribution in [0.2, 0.25) is 5.02 Å². The van der Waals surface area contributed by atoms with Gasteiger partial charge in [-0.3, -0.25) is 10.1 Å². The molecule has 0 atom stereocenters. The summed E-state index contributed by atoms with van der Waals surface area (Å²) >= 11 is 9.38. The van der Waals surface area contributed by atoms with Crippen molar-refractivity contribution < 1.29 is 14.5 Å². The molecule has 0 bridgehead atoms. The third-order valence-corrected chi connectivity index (χ3v) is 5.23. The molecule has 0 radical (unpaired) electrons. The number of carbonyl (C=O) groups excluding carboxylic acids is 1. The number of nitro groups is 1. The third kappa shape index (κ3) is 6.60. The number of azo groups is 1. The van der Waals surface area contributed by atoms with Gasteiger partial charge in [0.05, 0.1) is 26.7 Å². The van der Waals surface area contributed by atoms with Crippen LogP contribution in [0.5, 0.6) is 0 Å². The number of ether oxygens (including phenoxy) is 1. The number of rotatable bonds is 9. The molecule has 0 amide bonds. The Labute approximate surface area is 193 Å². The number of nitrogens with zero attached hydrogens (tertiary/aromatic N) is 4. The van der Waals surface area contributed by atoms with Gasteiger partial charge in [-0.15, -0.1) is 5.11 Å². The second-order valence-corrected chi connectivity index (χ2v) is 7.94. The Balaban J connectivity index is 2.16. The lowest BCUT2D eigenvalue weighted by Gasteiger charge is -2.23. The van der Waals surface area contributed by atoms with Crippen molar-refractivity contribution in [2.45, 2.75) is 20.8 Å². The highest BCUT2D eigenvalue weighted by molar-refractivity contribution is 9.10. The van der Waals surface area contributed by atoms with Gasteiger partial charge in [0, 0.05) is 29.9 Å². The van der Waals surface area contributed by atoms with E-state index < -0.39 is 10.9 Å². The summed E-state index contributed by atoms with van der Waals surface area (Å²) in [5, 5.41) is 19.5. The van der Waals surface area contributed by atoms with Gasteiger partial charge in [0.1, 0.15) is 12.3 Å². The predicted octanol–water partition coefficient (Wildman–Crippen LogP) is 6.68. The Morgan fingerprint density at radius 2 is 2.03 bits per heavy atom. The van der Waals surface area contributed by atoms with Crippen molar-refractivity contribution >= 4 is 56.2 Å². The van der Waals surface area contributed by atoms with Gasteiger partial charge < -0.3 is 9.64 Å². The zero-order valence-corrected chi connectivity index (χ0v) is 19.7. The number of non-ortho nitro benzene ring substituents is 1. The molecule has 2 aromatic carbocycles. The fraction of sp³-hybridized carbons (Fsp3) is 0.286. The van der Waals surface area contributed by atoms with Crippen LogP contribution in [0.15, 0.2) is 57.2 Å². The van der Waals surface area contributed by atoms with E-state index in [-0.39, 0.29) is 17.3 Å². The van der Waals surface area contributed by atoms with Crippen molar-refractivity contribution in [3.05, 3.63) is 67.7 Å². The highest BCUT2D eigenvalue weighted by atomic mass is 79.9. The number of benzene rings is 2. The summed E-state index contributed by atoms with van der Waals surface area (Å²) in [6, 6.07) is 8.25. The molecule has 8 nitrogen and oxygen atoms in total. The summed E-state index contributed by atoms with van der Waals surface area (Å²) in [5.41, 5.74) is 3.02. The molecular weight excluding hydrogens is 488 g/mol. The molecular formula is C21H22BrClN4O4. The standard InChI is InChI=1S/C21H22BrClN4O4/c1-5-26(8-9-31-21(28)13(2)3)15-6-7-19(14(4)10-15)24-25-20-17(22)11-16(27(29)30)12-18(20)23/h6-7,10-12H,2,5,8-9H2,1,3-4H3/b25-24+. The van der Waals surface area contributed by atoms with Crippen LogP contribution in [-0.4, -0.2) is 30.6 Å². The molecule has 0 aliphatic heterocycles. The summed E-state index contributed by atoms with van der Waals surface area (Å²) in [7, 11) is 0. The molecule has 0 unspecified atom stereocenters. The van der Waals surface area contributed by atoms with Gasteiger partial charge in [-0.05, 0) is 60.5 Å². The molecule has 10 heteroatoms. The van der Waals surface area contributed by atoms with E-state index in [1.165, 1.54) is 12.1 Å². The topological polar surface area (TPSA) is 97.4 Å². The molecule has 0 aliphatic rings. The number of likely N-dealkylation sites (N-methyl/N-ethyl adjacent to an activating group) is 1. The third-order valence-electron chi connectivity index (χ3n) is 4.34. The van der Waals surface area contributed by atoms with Crippen molar-refractivity contribution in [1.29, 1.82) is 0 Å². The van der Waals surface area contributed by atoms with E-state index >= 15 is 0 Å². The van der Waals surface area contributed by atoms with E-state index in [1.807, 2.05) is 32.0 Å². The van der Waals surface area contributed by atoms with Crippen LogP contribution in [-0.2, 0) is 9.53 Å². The fourth-order valence-electron chi connectivity index (χ4n) is 2.65. The van der Waals surface area contributed by atoms with Crippen LogP contribution in [0.1, 0.15) is 19.4 Å². The fourth-order valence-corrected chi connectivity index (χ4v) is 3.54. The van der Waals surface area contributed by atoms with Crippen LogP contribution in [0, 0.1) is 17.0 Å². The number of halogens is 2. The lowest BCUT2D eigenvalue weighted by molar-refractivity contribution is -0.384. The average Bonchev–Trinajstić information content (AvgIpc) is 2.71. The van der Waals surface area contributed by atoms with Gasteiger partial charge in [0.25, 0.3) is 5.69 Å². The zero-order valence-electron chi connectivity index (χ0n) is 17.4. The van der Waals surface area contributed by atoms with Gasteiger partial charge in [-0.1, -0.05) is 18.2 Å². The van der Waals surface area contributed by atoms with Gasteiger partial charge >= 0.3 is 5.97 Å². The highest BCUT2D eigenvalue weighted by Crippen LogP contribution is 2.38. The monoisotopic (exact) mass is 508 g/mol. The Kier molecular flexibility index (Phi) is 8.70. The minimum absolute atomic E-state index is 0.126. The molecule has 0 fully saturated rings. The first kappa shape index (κ1) is 24.5. The Morgan fingerprint density at radius 3 is 2.58 bits per heavy atom. The van der Waals surface area contributed by atoms with Gasteiger partial charge in [-0.2, -0.15) is 5.11 Å². The second kappa shape index (κ2) is 11.0. The van der Waals surface area contributed by atoms with Crippen LogP contribution in [0.25, 0.3) is 0 Å². The predicted molar refractivity (Wildman–Crippen MR) is 125 cm³/mol. The van der Waals surface area contributed by atoms with Crippen molar-refractivity contribution in [3.63, 3.8) is 0 Å². The maximum absolute atomic E-state index is 11.5. The molecule has 0 spiro atoms. The van der Waals surface area contributed by atoms with E-state index in [4.69, 9.17) is 16.3 Å². The number of carbonyl (C=O) groups is 1. The van der Waals surface area contributed by atoms with Crippen molar-refractivity contribution in [1.82, 2.24) is 0 Å². The number of aryl methyl sites for hydroxylation is 1. The van der Waals surface area contributed by atoms with Gasteiger partial charge in [0.15, 0.2) is 0 Å². The summed E-state index contributed by atoms with van der Waals surface area (Å²) < 4.78 is 5.55. The average molecular weight is 510 g/mol. The van der Waals surface area contributed by atoms with Crippen LogP contribution in [0.4, 0.5) is 22.7 Å². The molecule has 0 heterocycles. The van der Waals surface area contributed by atoms with E-state index in [0.717, 1.165) is 17.8 Å². The number of hydrogen-bond acceptors (Lipinski definition) is 7. The molecule has 0 aliphatic carbocycles. The van der Waals surface area contributed by atoms with E-state index in [1.54, 1.807) is 6.92 Å². The van der Waals surface area contributed by atoms with Crippen molar-refractivity contribution in [2.75, 3.05) is 24.6 Å². The highest BCUT2D eigenvalue weighted by Gasteiger charge is 2.14. The number of anilines is 1. The number of nitro benzene ring substituents is 1. The lowest BCUT2D eigenvalue weighted by atomic mass is 10.1. The minimum Gasteiger partial charge on any atom is -0.460 e. The molecule has 31 heavy (non-hydrogen) atoms. The molecule has 0 N–H and O–H groups in total. The number of hydrogen-bond donors (Lipinski definition) is 0. The molecule has 0 saturated heterocycles. The van der Waals surface area contributed by atoms with Crippen LogP contribution < -0.4 is 4.90 Å². The first-order chi connectivity index (χ1) is 14.6.